The third-order valence-electron chi connectivity index (χ3n) is 4.39. The highest BCUT2D eigenvalue weighted by molar-refractivity contribution is 6.06. The van der Waals surface area contributed by atoms with E-state index in [1.165, 1.54) is 0 Å². The van der Waals surface area contributed by atoms with E-state index in [4.69, 9.17) is 14.6 Å². The first-order valence-electron chi connectivity index (χ1n) is 8.99. The summed E-state index contributed by atoms with van der Waals surface area (Å²) in [5.41, 5.74) is 2.32. The minimum Gasteiger partial charge on any atom is -0.491 e. The lowest BCUT2D eigenvalue weighted by molar-refractivity contribution is -0.661. The van der Waals surface area contributed by atoms with Gasteiger partial charge < -0.3 is 29.6 Å². The first kappa shape index (κ1) is 20.2. The predicted molar refractivity (Wildman–Crippen MR) is 98.5 cm³/mol. The monoisotopic (exact) mass is 365 g/mol. The van der Waals surface area contributed by atoms with E-state index in [0.717, 1.165) is 23.1 Å². The Balaban J connectivity index is 2.10. The van der Waals surface area contributed by atoms with Crippen molar-refractivity contribution in [3.05, 3.63) is 29.5 Å². The van der Waals surface area contributed by atoms with E-state index in [0.29, 0.717) is 30.9 Å². The van der Waals surface area contributed by atoms with Crippen LogP contribution < -0.4 is 10.1 Å². The maximum Gasteiger partial charge on any atom is 0.340 e. The third-order valence-corrected chi connectivity index (χ3v) is 4.39. The zero-order chi connectivity index (χ0) is 19.1. The zero-order valence-electron chi connectivity index (χ0n) is 15.7. The van der Waals surface area contributed by atoms with E-state index in [1.54, 1.807) is 6.92 Å². The number of carbonyl (C=O) groups is 1. The fourth-order valence-corrected chi connectivity index (χ4v) is 2.91. The highest BCUT2D eigenvalue weighted by atomic mass is 16.5. The number of carbonyl (C=O) groups excluding carboxylic acids is 1. The molecule has 0 aliphatic heterocycles. The first-order chi connectivity index (χ1) is 12.5. The summed E-state index contributed by atoms with van der Waals surface area (Å²) in [5, 5.41) is 21.5. The van der Waals surface area contributed by atoms with Gasteiger partial charge in [0.15, 0.2) is 0 Å². The number of hydrogen-bond acceptors (Lipinski definition) is 5. The number of fused-ring (bicyclic) bond motifs is 1. The Kier molecular flexibility index (Phi) is 7.44. The molecule has 2 rings (SSSR count). The van der Waals surface area contributed by atoms with Crippen LogP contribution in [0.1, 0.15) is 29.4 Å². The van der Waals surface area contributed by atoms with Gasteiger partial charge in [0, 0.05) is 36.7 Å². The number of hydrogen-bond donors (Lipinski definition) is 3. The number of ether oxygens (including phenoxy) is 2. The van der Waals surface area contributed by atoms with E-state index < -0.39 is 6.10 Å². The quantitative estimate of drug-likeness (QED) is 0.417. The highest BCUT2D eigenvalue weighted by Gasteiger charge is 2.20. The SMILES string of the molecule is CCOC(=O)c1c(C)n(C)c2ccc(OCC(O)C[NH2+]CCCO)cc12. The number of nitrogens with zero attached hydrogens (tertiary/aromatic N) is 1. The van der Waals surface area contributed by atoms with Crippen molar-refractivity contribution in [1.29, 1.82) is 0 Å². The first-order valence-corrected chi connectivity index (χ1v) is 8.99. The van der Waals surface area contributed by atoms with Crippen molar-refractivity contribution < 1.29 is 29.8 Å². The van der Waals surface area contributed by atoms with Crippen molar-refractivity contribution in [1.82, 2.24) is 4.57 Å². The van der Waals surface area contributed by atoms with Gasteiger partial charge in [-0.3, -0.25) is 0 Å². The lowest BCUT2D eigenvalue weighted by Crippen LogP contribution is -2.86. The predicted octanol–water partition coefficient (Wildman–Crippen LogP) is 0.349. The third kappa shape index (κ3) is 4.75. The van der Waals surface area contributed by atoms with Gasteiger partial charge in [-0.25, -0.2) is 4.79 Å². The summed E-state index contributed by atoms with van der Waals surface area (Å²) in [5.74, 6) is 0.259. The molecule has 1 aromatic heterocycles. The fraction of sp³-hybridized carbons (Fsp3) is 0.526. The molecule has 1 unspecified atom stereocenters. The number of esters is 1. The summed E-state index contributed by atoms with van der Waals surface area (Å²) >= 11 is 0. The number of benzene rings is 1. The second-order valence-corrected chi connectivity index (χ2v) is 6.27. The van der Waals surface area contributed by atoms with Crippen LogP contribution >= 0.6 is 0 Å². The molecule has 0 radical (unpaired) electrons. The molecule has 1 heterocycles. The van der Waals surface area contributed by atoms with Crippen LogP contribution in [0.5, 0.6) is 5.75 Å². The molecule has 1 atom stereocenters. The molecule has 0 saturated carbocycles. The lowest BCUT2D eigenvalue weighted by Gasteiger charge is -2.11. The smallest absolute Gasteiger partial charge is 0.340 e. The van der Waals surface area contributed by atoms with Gasteiger partial charge in [0.25, 0.3) is 0 Å². The molecule has 0 bridgehead atoms. The standard InChI is InChI=1S/C19H28N2O5/c1-4-25-19(24)18-13(2)21(3)17-7-6-15(10-16(17)18)26-12-14(23)11-20-8-5-9-22/h6-7,10,14,20,22-23H,4-5,8-9,11-12H2,1-3H3/p+1. The van der Waals surface area contributed by atoms with Crippen molar-refractivity contribution >= 4 is 16.9 Å². The molecule has 0 fully saturated rings. The van der Waals surface area contributed by atoms with Crippen molar-refractivity contribution in [2.45, 2.75) is 26.4 Å². The van der Waals surface area contributed by atoms with E-state index >= 15 is 0 Å². The van der Waals surface area contributed by atoms with Crippen LogP contribution in [0.25, 0.3) is 10.9 Å². The summed E-state index contributed by atoms with van der Waals surface area (Å²) in [6.07, 6.45) is 0.0975. The van der Waals surface area contributed by atoms with Gasteiger partial charge in [-0.05, 0) is 32.0 Å². The Morgan fingerprint density at radius 2 is 2.15 bits per heavy atom. The fourth-order valence-electron chi connectivity index (χ4n) is 2.91. The van der Waals surface area contributed by atoms with E-state index in [9.17, 15) is 9.90 Å². The number of aliphatic hydroxyl groups excluding tert-OH is 2. The molecule has 7 nitrogen and oxygen atoms in total. The molecule has 144 valence electrons. The number of aryl methyl sites for hydroxylation is 1. The van der Waals surface area contributed by atoms with Gasteiger partial charge in [-0.1, -0.05) is 0 Å². The highest BCUT2D eigenvalue weighted by Crippen LogP contribution is 2.29. The summed E-state index contributed by atoms with van der Waals surface area (Å²) in [7, 11) is 1.91. The molecule has 2 aromatic rings. The molecule has 4 N–H and O–H groups in total. The molecule has 0 aliphatic carbocycles. The van der Waals surface area contributed by atoms with Crippen LogP contribution in [0.15, 0.2) is 18.2 Å². The van der Waals surface area contributed by atoms with Gasteiger partial charge in [0.2, 0.25) is 0 Å². The lowest BCUT2D eigenvalue weighted by atomic mass is 10.1. The Labute approximate surface area is 153 Å². The van der Waals surface area contributed by atoms with E-state index in [-0.39, 0.29) is 19.2 Å². The number of aliphatic hydroxyl groups is 2. The van der Waals surface area contributed by atoms with Crippen molar-refractivity contribution in [2.75, 3.05) is 32.9 Å². The molecular weight excluding hydrogens is 336 g/mol. The van der Waals surface area contributed by atoms with Gasteiger partial charge >= 0.3 is 5.97 Å². The largest absolute Gasteiger partial charge is 0.491 e. The number of rotatable bonds is 10. The van der Waals surface area contributed by atoms with Crippen LogP contribution in [-0.4, -0.2) is 59.8 Å². The van der Waals surface area contributed by atoms with Crippen LogP contribution in [-0.2, 0) is 11.8 Å². The average molecular weight is 365 g/mol. The van der Waals surface area contributed by atoms with Crippen molar-refractivity contribution in [3.63, 3.8) is 0 Å². The minimum atomic E-state index is -0.605. The number of nitrogens with two attached hydrogens (primary N) is 1. The van der Waals surface area contributed by atoms with Gasteiger partial charge in [-0.2, -0.15) is 0 Å². The molecule has 0 saturated heterocycles. The number of quaternary nitrogens is 1. The second-order valence-electron chi connectivity index (χ2n) is 6.27. The molecule has 26 heavy (non-hydrogen) atoms. The van der Waals surface area contributed by atoms with Crippen molar-refractivity contribution in [2.24, 2.45) is 7.05 Å². The van der Waals surface area contributed by atoms with Gasteiger partial charge in [-0.15, -0.1) is 0 Å². The molecule has 0 aliphatic rings. The Morgan fingerprint density at radius 3 is 2.85 bits per heavy atom. The van der Waals surface area contributed by atoms with Crippen LogP contribution in [0.2, 0.25) is 0 Å². The second kappa shape index (κ2) is 9.56. The normalized spacial score (nSPS) is 12.3. The Hall–Kier alpha value is -2.09. The molecule has 0 spiro atoms. The van der Waals surface area contributed by atoms with E-state index in [2.05, 4.69) is 0 Å². The zero-order valence-corrected chi connectivity index (χ0v) is 15.7. The Morgan fingerprint density at radius 1 is 1.38 bits per heavy atom. The maximum atomic E-state index is 12.3. The van der Waals surface area contributed by atoms with Gasteiger partial charge in [0.05, 0.1) is 18.7 Å². The molecule has 7 heteroatoms. The minimum absolute atomic E-state index is 0.155. The topological polar surface area (TPSA) is 97.5 Å². The van der Waals surface area contributed by atoms with Crippen molar-refractivity contribution in [3.8, 4) is 5.75 Å². The summed E-state index contributed by atoms with van der Waals surface area (Å²) in [6, 6.07) is 5.55. The summed E-state index contributed by atoms with van der Waals surface area (Å²) in [4.78, 5) is 12.3. The summed E-state index contributed by atoms with van der Waals surface area (Å²) < 4.78 is 12.8. The molecule has 0 amide bonds. The maximum absolute atomic E-state index is 12.3. The van der Waals surface area contributed by atoms with Crippen LogP contribution in [0.3, 0.4) is 0 Å². The van der Waals surface area contributed by atoms with Crippen LogP contribution in [0.4, 0.5) is 0 Å². The molecule has 1 aromatic carbocycles. The summed E-state index contributed by atoms with van der Waals surface area (Å²) in [6.45, 7) is 5.60. The van der Waals surface area contributed by atoms with Gasteiger partial charge in [0.1, 0.15) is 25.0 Å². The average Bonchev–Trinajstić information content (AvgIpc) is 2.87. The Bertz CT molecular complexity index is 741. The van der Waals surface area contributed by atoms with E-state index in [1.807, 2.05) is 42.1 Å². The number of aromatic nitrogens is 1. The molecular formula is C19H29N2O5+. The van der Waals surface area contributed by atoms with Crippen LogP contribution in [0, 0.1) is 6.92 Å².